The molecule has 0 aliphatic carbocycles. The summed E-state index contributed by atoms with van der Waals surface area (Å²) in [4.78, 5) is 10.5. The molecule has 1 rings (SSSR count). The largest absolute Gasteiger partial charge is 0.550 e. The predicted molar refractivity (Wildman–Crippen MR) is 51.3 cm³/mol. The van der Waals surface area contributed by atoms with Crippen LogP contribution in [0.1, 0.15) is 23.5 Å². The lowest BCUT2D eigenvalue weighted by molar-refractivity contribution is -0.374. The van der Waals surface area contributed by atoms with Crippen molar-refractivity contribution < 1.29 is 15.6 Å². The van der Waals surface area contributed by atoms with Gasteiger partial charge in [0, 0.05) is 11.9 Å². The van der Waals surface area contributed by atoms with Crippen LogP contribution in [0.4, 0.5) is 0 Å². The van der Waals surface area contributed by atoms with E-state index in [4.69, 9.17) is 0 Å². The predicted octanol–water partition coefficient (Wildman–Crippen LogP) is -0.539. The summed E-state index contributed by atoms with van der Waals surface area (Å²) in [5.74, 6) is -1.04. The smallest absolute Gasteiger partial charge is 0.0813 e. The van der Waals surface area contributed by atoms with E-state index in [0.717, 1.165) is 5.56 Å². The third-order valence-electron chi connectivity index (χ3n) is 2.31. The molecule has 0 radical (unpaired) electrons. The molecule has 3 heteroatoms. The van der Waals surface area contributed by atoms with E-state index >= 15 is 0 Å². The molecule has 0 heterocycles. The molecule has 76 valence electrons. The van der Waals surface area contributed by atoms with Gasteiger partial charge in [-0.1, -0.05) is 29.8 Å². The lowest BCUT2D eigenvalue weighted by atomic mass is 9.95. The molecule has 0 saturated carbocycles. The van der Waals surface area contributed by atoms with E-state index in [2.05, 4.69) is 5.73 Å². The van der Waals surface area contributed by atoms with E-state index in [9.17, 15) is 9.90 Å². The van der Waals surface area contributed by atoms with Crippen molar-refractivity contribution in [1.82, 2.24) is 0 Å². The third-order valence-corrected chi connectivity index (χ3v) is 2.31. The van der Waals surface area contributed by atoms with Gasteiger partial charge in [-0.05, 0) is 18.9 Å². The molecular formula is C11H15NO2. The van der Waals surface area contributed by atoms with Crippen LogP contribution in [0.25, 0.3) is 0 Å². The van der Waals surface area contributed by atoms with Gasteiger partial charge in [0.15, 0.2) is 0 Å². The molecule has 1 aromatic carbocycles. The van der Waals surface area contributed by atoms with E-state index in [1.807, 2.05) is 31.2 Å². The van der Waals surface area contributed by atoms with E-state index in [0.29, 0.717) is 6.54 Å². The van der Waals surface area contributed by atoms with Crippen LogP contribution in [0, 0.1) is 6.92 Å². The van der Waals surface area contributed by atoms with Gasteiger partial charge in [-0.3, -0.25) is 0 Å². The van der Waals surface area contributed by atoms with Gasteiger partial charge in [0.1, 0.15) is 0 Å². The fraction of sp³-hybridized carbons (Fsp3) is 0.364. The quantitative estimate of drug-likeness (QED) is 0.697. The van der Waals surface area contributed by atoms with Gasteiger partial charge >= 0.3 is 0 Å². The molecule has 0 aliphatic rings. The van der Waals surface area contributed by atoms with Crippen LogP contribution >= 0.6 is 0 Å². The zero-order valence-corrected chi connectivity index (χ0v) is 8.32. The molecule has 0 fully saturated rings. The minimum atomic E-state index is -1.01. The number of aryl methyl sites for hydroxylation is 1. The average molecular weight is 193 g/mol. The number of hydrogen-bond acceptors (Lipinski definition) is 2. The topological polar surface area (TPSA) is 67.8 Å². The Labute approximate surface area is 83.6 Å². The summed E-state index contributed by atoms with van der Waals surface area (Å²) < 4.78 is 0. The lowest BCUT2D eigenvalue weighted by Gasteiger charge is -2.13. The van der Waals surface area contributed by atoms with Gasteiger partial charge in [-0.25, -0.2) is 0 Å². The number of benzene rings is 1. The van der Waals surface area contributed by atoms with Gasteiger partial charge in [-0.15, -0.1) is 0 Å². The molecule has 14 heavy (non-hydrogen) atoms. The van der Waals surface area contributed by atoms with Crippen molar-refractivity contribution in [2.24, 2.45) is 0 Å². The summed E-state index contributed by atoms with van der Waals surface area (Å²) in [7, 11) is 0. The van der Waals surface area contributed by atoms with Crippen molar-refractivity contribution in [1.29, 1.82) is 0 Å². The molecule has 3 N–H and O–H groups in total. The molecule has 1 aromatic rings. The highest BCUT2D eigenvalue weighted by Gasteiger charge is 2.11. The Morgan fingerprint density at radius 2 is 2.00 bits per heavy atom. The van der Waals surface area contributed by atoms with E-state index in [-0.39, 0.29) is 12.3 Å². The zero-order valence-electron chi connectivity index (χ0n) is 8.32. The van der Waals surface area contributed by atoms with Gasteiger partial charge in [-0.2, -0.15) is 0 Å². The van der Waals surface area contributed by atoms with Crippen LogP contribution in [-0.4, -0.2) is 12.5 Å². The number of carboxylic acid groups (broad SMARTS) is 1. The van der Waals surface area contributed by atoms with E-state index < -0.39 is 5.97 Å². The first-order chi connectivity index (χ1) is 6.63. The number of quaternary nitrogens is 1. The molecule has 0 amide bonds. The first-order valence-corrected chi connectivity index (χ1v) is 4.69. The Morgan fingerprint density at radius 1 is 1.43 bits per heavy atom. The number of carboxylic acids is 1. The summed E-state index contributed by atoms with van der Waals surface area (Å²) in [6, 6.07) is 7.86. The maximum atomic E-state index is 10.5. The number of carbonyl (C=O) groups is 1. The molecule has 3 nitrogen and oxygen atoms in total. The number of hydrogen-bond donors (Lipinski definition) is 1. The summed E-state index contributed by atoms with van der Waals surface area (Å²) in [6.45, 7) is 2.58. The highest BCUT2D eigenvalue weighted by atomic mass is 16.4. The zero-order chi connectivity index (χ0) is 10.6. The normalized spacial score (nSPS) is 12.4. The Balaban J connectivity index is 2.78. The molecule has 1 atom stereocenters. The van der Waals surface area contributed by atoms with Crippen molar-refractivity contribution in [3.8, 4) is 0 Å². The first kappa shape index (κ1) is 10.7. The van der Waals surface area contributed by atoms with Crippen molar-refractivity contribution >= 4 is 5.97 Å². The fourth-order valence-electron chi connectivity index (χ4n) is 1.43. The van der Waals surface area contributed by atoms with Crippen LogP contribution in [0.15, 0.2) is 24.3 Å². The van der Waals surface area contributed by atoms with Gasteiger partial charge in [0.2, 0.25) is 0 Å². The SMILES string of the molecule is Cc1ccc([C@H](C[NH3+])CC(=O)[O-])cc1. The highest BCUT2D eigenvalue weighted by Crippen LogP contribution is 2.17. The maximum absolute atomic E-state index is 10.5. The Kier molecular flexibility index (Phi) is 3.65. The molecule has 0 spiro atoms. The standard InChI is InChI=1S/C11H15NO2/c1-8-2-4-9(5-3-8)10(7-12)6-11(13)14/h2-5,10H,6-7,12H2,1H3,(H,13,14)/t10-/m0/s1. The van der Waals surface area contributed by atoms with Gasteiger partial charge < -0.3 is 15.6 Å². The highest BCUT2D eigenvalue weighted by molar-refractivity contribution is 5.65. The summed E-state index contributed by atoms with van der Waals surface area (Å²) in [6.07, 6.45) is 0.0482. The summed E-state index contributed by atoms with van der Waals surface area (Å²) in [5, 5.41) is 10.5. The van der Waals surface area contributed by atoms with Crippen molar-refractivity contribution in [3.63, 3.8) is 0 Å². The van der Waals surface area contributed by atoms with Crippen LogP contribution in [-0.2, 0) is 4.79 Å². The Bertz CT molecular complexity index is 306. The maximum Gasteiger partial charge on any atom is 0.0813 e. The third kappa shape index (κ3) is 2.85. The van der Waals surface area contributed by atoms with E-state index in [1.54, 1.807) is 0 Å². The molecule has 0 bridgehead atoms. The number of rotatable bonds is 4. The average Bonchev–Trinajstić information content (AvgIpc) is 2.15. The Morgan fingerprint density at radius 3 is 2.43 bits per heavy atom. The molecule has 0 aliphatic heterocycles. The molecular weight excluding hydrogens is 178 g/mol. The van der Waals surface area contributed by atoms with Crippen molar-refractivity contribution in [3.05, 3.63) is 35.4 Å². The monoisotopic (exact) mass is 193 g/mol. The number of carbonyl (C=O) groups excluding carboxylic acids is 1. The number of aliphatic carboxylic acids is 1. The van der Waals surface area contributed by atoms with Crippen LogP contribution < -0.4 is 10.8 Å². The first-order valence-electron chi connectivity index (χ1n) is 4.69. The van der Waals surface area contributed by atoms with Crippen LogP contribution in [0.5, 0.6) is 0 Å². The summed E-state index contributed by atoms with van der Waals surface area (Å²) in [5.41, 5.74) is 5.94. The molecule has 0 aromatic heterocycles. The second-order valence-electron chi connectivity index (χ2n) is 3.47. The Hall–Kier alpha value is -1.35. The minimum Gasteiger partial charge on any atom is -0.550 e. The van der Waals surface area contributed by atoms with E-state index in [1.165, 1.54) is 5.56 Å². The fourth-order valence-corrected chi connectivity index (χ4v) is 1.43. The lowest BCUT2D eigenvalue weighted by Crippen LogP contribution is -2.53. The van der Waals surface area contributed by atoms with Crippen molar-refractivity contribution in [2.75, 3.05) is 6.54 Å². The van der Waals surface area contributed by atoms with Crippen LogP contribution in [0.3, 0.4) is 0 Å². The second-order valence-corrected chi connectivity index (χ2v) is 3.47. The van der Waals surface area contributed by atoms with Crippen LogP contribution in [0.2, 0.25) is 0 Å². The minimum absolute atomic E-state index is 0.0272. The second kappa shape index (κ2) is 4.77. The van der Waals surface area contributed by atoms with Gasteiger partial charge in [0.05, 0.1) is 6.54 Å². The van der Waals surface area contributed by atoms with Gasteiger partial charge in [0.25, 0.3) is 0 Å². The molecule has 0 unspecified atom stereocenters. The van der Waals surface area contributed by atoms with Crippen molar-refractivity contribution in [2.45, 2.75) is 19.3 Å². The molecule has 0 saturated heterocycles. The summed E-state index contributed by atoms with van der Waals surface area (Å²) >= 11 is 0.